The van der Waals surface area contributed by atoms with Crippen LogP contribution in [0, 0.1) is 18.3 Å². The van der Waals surface area contributed by atoms with E-state index in [0.29, 0.717) is 5.56 Å². The van der Waals surface area contributed by atoms with Crippen molar-refractivity contribution in [3.05, 3.63) is 40.4 Å². The summed E-state index contributed by atoms with van der Waals surface area (Å²) < 4.78 is 2.55. The fourth-order valence-electron chi connectivity index (χ4n) is 1.38. The molecule has 0 radical (unpaired) electrons. The summed E-state index contributed by atoms with van der Waals surface area (Å²) in [7, 11) is 0. The number of hydrogen-bond acceptors (Lipinski definition) is 3. The van der Waals surface area contributed by atoms with E-state index in [9.17, 15) is 0 Å². The maximum atomic E-state index is 9.01. The molecule has 15 heavy (non-hydrogen) atoms. The Morgan fingerprint density at radius 3 is 2.87 bits per heavy atom. The van der Waals surface area contributed by atoms with Gasteiger partial charge in [-0.2, -0.15) is 10.4 Å². The Balaban J connectivity index is 2.74. The van der Waals surface area contributed by atoms with Crippen LogP contribution in [0.3, 0.4) is 0 Å². The van der Waals surface area contributed by atoms with Crippen molar-refractivity contribution in [1.29, 1.82) is 5.26 Å². The maximum Gasteiger partial charge on any atom is 0.138 e. The Morgan fingerprint density at radius 1 is 1.47 bits per heavy atom. The minimum absolute atomic E-state index is 0.584. The van der Waals surface area contributed by atoms with E-state index in [1.165, 1.54) is 6.33 Å². The zero-order chi connectivity index (χ0) is 10.8. The van der Waals surface area contributed by atoms with E-state index in [1.807, 2.05) is 13.0 Å². The van der Waals surface area contributed by atoms with Crippen molar-refractivity contribution in [2.45, 2.75) is 6.92 Å². The first kappa shape index (κ1) is 9.87. The van der Waals surface area contributed by atoms with Gasteiger partial charge >= 0.3 is 0 Å². The molecule has 0 amide bonds. The normalized spacial score (nSPS) is 9.93. The second-order valence-corrected chi connectivity index (χ2v) is 3.87. The average Bonchev–Trinajstić information content (AvgIpc) is 2.75. The van der Waals surface area contributed by atoms with E-state index in [4.69, 9.17) is 5.26 Å². The van der Waals surface area contributed by atoms with E-state index in [0.717, 1.165) is 15.7 Å². The van der Waals surface area contributed by atoms with Crippen molar-refractivity contribution < 1.29 is 0 Å². The largest absolute Gasteiger partial charge is 0.223 e. The molecule has 0 aliphatic carbocycles. The van der Waals surface area contributed by atoms with Gasteiger partial charge in [0.05, 0.1) is 11.3 Å². The highest BCUT2D eigenvalue weighted by molar-refractivity contribution is 9.10. The second kappa shape index (κ2) is 3.83. The summed E-state index contributed by atoms with van der Waals surface area (Å²) in [6.07, 6.45) is 3.02. The van der Waals surface area contributed by atoms with E-state index in [-0.39, 0.29) is 0 Å². The quantitative estimate of drug-likeness (QED) is 0.792. The molecule has 0 bridgehead atoms. The van der Waals surface area contributed by atoms with Crippen LogP contribution in [0.5, 0.6) is 0 Å². The molecule has 0 aliphatic heterocycles. The summed E-state index contributed by atoms with van der Waals surface area (Å²) in [5.74, 6) is 0. The summed E-state index contributed by atoms with van der Waals surface area (Å²) in [4.78, 5) is 3.87. The molecule has 1 aromatic heterocycles. The van der Waals surface area contributed by atoms with Gasteiger partial charge in [-0.15, -0.1) is 0 Å². The zero-order valence-corrected chi connectivity index (χ0v) is 9.56. The maximum absolute atomic E-state index is 9.01. The number of halogens is 1. The Bertz CT molecular complexity index is 525. The molecule has 0 saturated heterocycles. The molecule has 0 N–H and O–H groups in total. The van der Waals surface area contributed by atoms with Crippen LogP contribution in [0.25, 0.3) is 5.69 Å². The zero-order valence-electron chi connectivity index (χ0n) is 7.98. The number of hydrogen-bond donors (Lipinski definition) is 0. The van der Waals surface area contributed by atoms with Gasteiger partial charge in [-0.1, -0.05) is 15.9 Å². The molecular weight excluding hydrogens is 256 g/mol. The predicted octanol–water partition coefficient (Wildman–Crippen LogP) is 2.21. The molecule has 0 atom stereocenters. The van der Waals surface area contributed by atoms with Crippen LogP contribution in [-0.2, 0) is 0 Å². The van der Waals surface area contributed by atoms with Gasteiger partial charge in [0.25, 0.3) is 0 Å². The monoisotopic (exact) mass is 262 g/mol. The molecule has 0 aliphatic rings. The molecule has 2 rings (SSSR count). The Morgan fingerprint density at radius 2 is 2.27 bits per heavy atom. The van der Waals surface area contributed by atoms with Crippen LogP contribution < -0.4 is 0 Å². The van der Waals surface area contributed by atoms with E-state index in [1.54, 1.807) is 17.1 Å². The number of benzene rings is 1. The fraction of sp³-hybridized carbons (Fsp3) is 0.100. The number of rotatable bonds is 1. The smallest absolute Gasteiger partial charge is 0.138 e. The third-order valence-corrected chi connectivity index (χ3v) is 2.99. The standard InChI is InChI=1S/C10H7BrN4/c1-7-9(11)3-2-8(4-12)10(7)15-6-13-5-14-15/h2-3,5-6H,1H3. The molecule has 0 saturated carbocycles. The molecular formula is C10H7BrN4. The van der Waals surface area contributed by atoms with Crippen molar-refractivity contribution in [2.24, 2.45) is 0 Å². The first-order valence-electron chi connectivity index (χ1n) is 4.28. The highest BCUT2D eigenvalue weighted by Crippen LogP contribution is 2.25. The van der Waals surface area contributed by atoms with E-state index >= 15 is 0 Å². The number of aromatic nitrogens is 3. The van der Waals surface area contributed by atoms with Crippen LogP contribution in [0.4, 0.5) is 0 Å². The molecule has 1 heterocycles. The van der Waals surface area contributed by atoms with E-state index in [2.05, 4.69) is 32.1 Å². The predicted molar refractivity (Wildman–Crippen MR) is 58.5 cm³/mol. The Kier molecular flexibility index (Phi) is 2.52. The van der Waals surface area contributed by atoms with Crippen LogP contribution >= 0.6 is 15.9 Å². The summed E-state index contributed by atoms with van der Waals surface area (Å²) in [5, 5.41) is 13.0. The number of nitriles is 1. The summed E-state index contributed by atoms with van der Waals surface area (Å²) >= 11 is 3.42. The highest BCUT2D eigenvalue weighted by atomic mass is 79.9. The van der Waals surface area contributed by atoms with Crippen LogP contribution in [-0.4, -0.2) is 14.8 Å². The van der Waals surface area contributed by atoms with Gasteiger partial charge in [0, 0.05) is 4.47 Å². The molecule has 2 aromatic rings. The van der Waals surface area contributed by atoms with Crippen LogP contribution in [0.2, 0.25) is 0 Å². The summed E-state index contributed by atoms with van der Waals surface area (Å²) in [6.45, 7) is 1.93. The van der Waals surface area contributed by atoms with E-state index < -0.39 is 0 Å². The lowest BCUT2D eigenvalue weighted by atomic mass is 10.1. The molecule has 0 fully saturated rings. The first-order valence-corrected chi connectivity index (χ1v) is 5.07. The molecule has 0 unspecified atom stereocenters. The van der Waals surface area contributed by atoms with Crippen molar-refractivity contribution >= 4 is 15.9 Å². The molecule has 5 heteroatoms. The van der Waals surface area contributed by atoms with Crippen molar-refractivity contribution in [3.8, 4) is 11.8 Å². The van der Waals surface area contributed by atoms with Gasteiger partial charge in [-0.3, -0.25) is 0 Å². The van der Waals surface area contributed by atoms with Gasteiger partial charge in [-0.25, -0.2) is 9.67 Å². The third-order valence-electron chi connectivity index (χ3n) is 2.13. The SMILES string of the molecule is Cc1c(Br)ccc(C#N)c1-n1cncn1. The van der Waals surface area contributed by atoms with Crippen molar-refractivity contribution in [3.63, 3.8) is 0 Å². The van der Waals surface area contributed by atoms with Gasteiger partial charge in [-0.05, 0) is 24.6 Å². The van der Waals surface area contributed by atoms with Gasteiger partial charge < -0.3 is 0 Å². The summed E-state index contributed by atoms with van der Waals surface area (Å²) in [5.41, 5.74) is 2.32. The van der Waals surface area contributed by atoms with Crippen LogP contribution in [0.1, 0.15) is 11.1 Å². The third kappa shape index (κ3) is 1.64. The minimum atomic E-state index is 0.584. The second-order valence-electron chi connectivity index (χ2n) is 3.02. The van der Waals surface area contributed by atoms with Crippen molar-refractivity contribution in [2.75, 3.05) is 0 Å². The first-order chi connectivity index (χ1) is 7.24. The van der Waals surface area contributed by atoms with Gasteiger partial charge in [0.2, 0.25) is 0 Å². The summed E-state index contributed by atoms with van der Waals surface area (Å²) in [6, 6.07) is 5.76. The van der Waals surface area contributed by atoms with Crippen LogP contribution in [0.15, 0.2) is 29.3 Å². The average molecular weight is 263 g/mol. The minimum Gasteiger partial charge on any atom is -0.223 e. The topological polar surface area (TPSA) is 54.5 Å². The lowest BCUT2D eigenvalue weighted by Crippen LogP contribution is -2.01. The molecule has 1 aromatic carbocycles. The lowest BCUT2D eigenvalue weighted by Gasteiger charge is -2.08. The molecule has 4 nitrogen and oxygen atoms in total. The number of nitrogens with zero attached hydrogens (tertiary/aromatic N) is 4. The Hall–Kier alpha value is -1.67. The fourth-order valence-corrected chi connectivity index (χ4v) is 1.70. The lowest BCUT2D eigenvalue weighted by molar-refractivity contribution is 0.866. The Labute approximate surface area is 95.3 Å². The van der Waals surface area contributed by atoms with Gasteiger partial charge in [0.15, 0.2) is 0 Å². The highest BCUT2D eigenvalue weighted by Gasteiger charge is 2.10. The van der Waals surface area contributed by atoms with Crippen molar-refractivity contribution in [1.82, 2.24) is 14.8 Å². The van der Waals surface area contributed by atoms with Gasteiger partial charge in [0.1, 0.15) is 18.7 Å². The molecule has 74 valence electrons. The molecule has 0 spiro atoms.